The maximum Gasteiger partial charge on any atom is 0.338 e. The number of anilines is 1. The van der Waals surface area contributed by atoms with Crippen LogP contribution < -0.4 is 11.1 Å². The molecule has 1 spiro atoms. The quantitative estimate of drug-likeness (QED) is 0.177. The van der Waals surface area contributed by atoms with Crippen LogP contribution in [0.2, 0.25) is 0 Å². The highest BCUT2D eigenvalue weighted by atomic mass is 16.6. The van der Waals surface area contributed by atoms with Crippen LogP contribution >= 0.6 is 0 Å². The molecule has 2 heterocycles. The summed E-state index contributed by atoms with van der Waals surface area (Å²) in [6, 6.07) is 7.53. The van der Waals surface area contributed by atoms with Gasteiger partial charge in [-0.25, -0.2) is 4.79 Å². The summed E-state index contributed by atoms with van der Waals surface area (Å²) in [7, 11) is 0. The Hall–Kier alpha value is -2.68. The second-order valence-corrected chi connectivity index (χ2v) is 11.5. The van der Waals surface area contributed by atoms with Crippen molar-refractivity contribution in [1.82, 2.24) is 0 Å². The molecule has 36 heavy (non-hydrogen) atoms. The molecule has 2 aliphatic heterocycles. The van der Waals surface area contributed by atoms with Gasteiger partial charge in [-0.3, -0.25) is 5.41 Å². The minimum Gasteiger partial charge on any atom is -0.454 e. The molecule has 0 amide bonds. The van der Waals surface area contributed by atoms with E-state index in [-0.39, 0.29) is 47.5 Å². The first-order chi connectivity index (χ1) is 17.1. The van der Waals surface area contributed by atoms with E-state index in [1.54, 1.807) is 0 Å². The van der Waals surface area contributed by atoms with Crippen LogP contribution in [0.3, 0.4) is 0 Å². The van der Waals surface area contributed by atoms with E-state index in [0.29, 0.717) is 25.0 Å². The molecule has 8 nitrogen and oxygen atoms in total. The Morgan fingerprint density at radius 2 is 1.97 bits per heavy atom. The van der Waals surface area contributed by atoms with Gasteiger partial charge in [-0.1, -0.05) is 38.1 Å². The van der Waals surface area contributed by atoms with Gasteiger partial charge < -0.3 is 30.7 Å². The molecule has 0 bridgehead atoms. The summed E-state index contributed by atoms with van der Waals surface area (Å²) in [6.07, 6.45) is 8.93. The van der Waals surface area contributed by atoms with Crippen molar-refractivity contribution in [1.29, 1.82) is 5.41 Å². The number of fused-ring (bicyclic) bond motifs is 1. The van der Waals surface area contributed by atoms with Crippen LogP contribution in [-0.4, -0.2) is 53.2 Å². The smallest absolute Gasteiger partial charge is 0.338 e. The number of ether oxygens (including phenoxy) is 2. The predicted molar refractivity (Wildman–Crippen MR) is 136 cm³/mol. The first kappa shape index (κ1) is 25.0. The van der Waals surface area contributed by atoms with Crippen molar-refractivity contribution in [2.75, 3.05) is 18.5 Å². The molecule has 4 aliphatic rings. The molecule has 3 fully saturated rings. The highest BCUT2D eigenvalue weighted by Crippen LogP contribution is 2.65. The Labute approximate surface area is 212 Å². The number of hydrogen-bond acceptors (Lipinski definition) is 6. The van der Waals surface area contributed by atoms with Gasteiger partial charge >= 0.3 is 5.97 Å². The number of epoxide rings is 1. The molecule has 0 radical (unpaired) electrons. The van der Waals surface area contributed by atoms with E-state index in [1.165, 1.54) is 0 Å². The Kier molecular flexibility index (Phi) is 6.25. The lowest BCUT2D eigenvalue weighted by molar-refractivity contribution is -0.167. The lowest BCUT2D eigenvalue weighted by atomic mass is 9.45. The molecule has 5 rings (SSSR count). The number of hydrogen-bond donors (Lipinski definition) is 5. The van der Waals surface area contributed by atoms with Crippen LogP contribution in [-0.2, 0) is 20.7 Å². The molecule has 1 aromatic carbocycles. The van der Waals surface area contributed by atoms with Gasteiger partial charge in [-0.15, -0.1) is 0 Å². The van der Waals surface area contributed by atoms with E-state index in [2.05, 4.69) is 18.3 Å². The van der Waals surface area contributed by atoms with Gasteiger partial charge in [0.15, 0.2) is 5.96 Å². The van der Waals surface area contributed by atoms with Gasteiger partial charge in [-0.2, -0.15) is 0 Å². The van der Waals surface area contributed by atoms with Crippen molar-refractivity contribution in [3.05, 3.63) is 53.6 Å². The van der Waals surface area contributed by atoms with E-state index in [0.717, 1.165) is 30.5 Å². The third-order valence-corrected chi connectivity index (χ3v) is 9.30. The average molecular weight is 496 g/mol. The number of carbonyl (C=O) groups excluding carboxylic acids is 1. The van der Waals surface area contributed by atoms with E-state index < -0.39 is 11.5 Å². The number of nitrogens with two attached hydrogens (primary N) is 1. The minimum absolute atomic E-state index is 0.0380. The maximum absolute atomic E-state index is 12.7. The monoisotopic (exact) mass is 495 g/mol. The topological polar surface area (TPSA) is 141 Å². The fourth-order valence-electron chi connectivity index (χ4n) is 7.19. The number of carbonyl (C=O) groups is 1. The van der Waals surface area contributed by atoms with E-state index in [4.69, 9.17) is 20.6 Å². The Morgan fingerprint density at radius 1 is 1.25 bits per heavy atom. The van der Waals surface area contributed by atoms with Crippen molar-refractivity contribution in [2.45, 2.75) is 63.8 Å². The number of nitrogens with one attached hydrogen (secondary N) is 2. The van der Waals surface area contributed by atoms with Gasteiger partial charge in [-0.05, 0) is 60.8 Å². The van der Waals surface area contributed by atoms with Crippen molar-refractivity contribution in [3.63, 3.8) is 0 Å². The number of benzene rings is 1. The van der Waals surface area contributed by atoms with Gasteiger partial charge in [0.2, 0.25) is 0 Å². The van der Waals surface area contributed by atoms with Crippen molar-refractivity contribution in [3.8, 4) is 0 Å². The molecule has 6 N–H and O–H groups in total. The zero-order valence-corrected chi connectivity index (χ0v) is 21.0. The number of guanidine groups is 1. The Balaban J connectivity index is 1.33. The summed E-state index contributed by atoms with van der Waals surface area (Å²) in [5, 5.41) is 31.1. The molecule has 2 saturated carbocycles. The Bertz CT molecular complexity index is 1090. The lowest BCUT2D eigenvalue weighted by Gasteiger charge is -2.60. The second-order valence-electron chi connectivity index (χ2n) is 11.5. The first-order valence-electron chi connectivity index (χ1n) is 12.8. The molecule has 194 valence electrons. The summed E-state index contributed by atoms with van der Waals surface area (Å²) < 4.78 is 11.7. The third-order valence-electron chi connectivity index (χ3n) is 9.30. The number of aliphatic hydroxyl groups excluding tert-OH is 2. The van der Waals surface area contributed by atoms with E-state index >= 15 is 0 Å². The second kappa shape index (κ2) is 9.01. The molecule has 0 aromatic heterocycles. The third kappa shape index (κ3) is 4.25. The molecular formula is C28H37N3O5. The fraction of sp³-hybridized carbons (Fsp3) is 0.571. The van der Waals surface area contributed by atoms with Crippen LogP contribution in [0.4, 0.5) is 5.69 Å². The van der Waals surface area contributed by atoms with Crippen LogP contribution in [0.15, 0.2) is 48.1 Å². The number of rotatable bonds is 6. The molecule has 8 heteroatoms. The fourth-order valence-corrected chi connectivity index (χ4v) is 7.19. The average Bonchev–Trinajstić information content (AvgIpc) is 3.52. The maximum atomic E-state index is 12.7. The van der Waals surface area contributed by atoms with Gasteiger partial charge in [0, 0.05) is 23.4 Å². The molecule has 7 atom stereocenters. The van der Waals surface area contributed by atoms with Crippen LogP contribution in [0.25, 0.3) is 0 Å². The number of aliphatic hydroxyl groups is 2. The summed E-state index contributed by atoms with van der Waals surface area (Å²) in [4.78, 5) is 12.7. The highest BCUT2D eigenvalue weighted by molar-refractivity contribution is 5.94. The van der Waals surface area contributed by atoms with Crippen molar-refractivity contribution < 1.29 is 24.5 Å². The van der Waals surface area contributed by atoms with Gasteiger partial charge in [0.1, 0.15) is 6.10 Å². The first-order valence-corrected chi connectivity index (χ1v) is 12.8. The van der Waals surface area contributed by atoms with Crippen molar-refractivity contribution in [2.24, 2.45) is 28.4 Å². The number of esters is 1. The Morgan fingerprint density at radius 3 is 2.61 bits per heavy atom. The summed E-state index contributed by atoms with van der Waals surface area (Å²) in [5.41, 5.74) is 6.78. The standard InChI is InChI=1S/C28H37N3O5/c1-26-11-10-23(33)27(2,15-32)21(26)9-12-28(16-35-28)22(26)8-5-18-14-20(36-24(18)34)13-17-3-6-19(7-4-17)31-25(29)30/h3-8,14,20-23,32-33H,9-13,15-16H2,1-2H3,(H4,29,30,31)/b8-5+/t20?,21?,22?,23-,26+,27+,28?/m1/s1. The molecule has 1 saturated heterocycles. The molecular weight excluding hydrogens is 458 g/mol. The molecule has 1 aromatic rings. The normalized spacial score (nSPS) is 39.6. The van der Waals surface area contributed by atoms with Crippen LogP contribution in [0, 0.1) is 28.1 Å². The zero-order chi connectivity index (χ0) is 25.7. The van der Waals surface area contributed by atoms with Crippen LogP contribution in [0.1, 0.15) is 45.1 Å². The predicted octanol–water partition coefficient (Wildman–Crippen LogP) is 2.90. The summed E-state index contributed by atoms with van der Waals surface area (Å²) in [6.45, 7) is 4.95. The molecule has 4 unspecified atom stereocenters. The summed E-state index contributed by atoms with van der Waals surface area (Å²) >= 11 is 0. The van der Waals surface area contributed by atoms with Gasteiger partial charge in [0.25, 0.3) is 0 Å². The van der Waals surface area contributed by atoms with Crippen LogP contribution in [0.5, 0.6) is 0 Å². The zero-order valence-electron chi connectivity index (χ0n) is 21.0. The van der Waals surface area contributed by atoms with E-state index in [1.807, 2.05) is 43.3 Å². The van der Waals surface area contributed by atoms with Gasteiger partial charge in [0.05, 0.1) is 30.5 Å². The highest BCUT2D eigenvalue weighted by Gasteiger charge is 2.66. The minimum atomic E-state index is -0.540. The number of cyclic esters (lactones) is 1. The largest absolute Gasteiger partial charge is 0.454 e. The molecule has 2 aliphatic carbocycles. The summed E-state index contributed by atoms with van der Waals surface area (Å²) in [5.74, 6) is -0.181. The SMILES string of the molecule is C[C@]12CC[C@@H](O)[C@@](C)(CO)C1CCC1(CO1)C2/C=C/C1=CC(Cc2ccc(NC(=N)N)cc2)OC1=O. The van der Waals surface area contributed by atoms with E-state index in [9.17, 15) is 15.0 Å². The lowest BCUT2D eigenvalue weighted by Crippen LogP contribution is -2.60. The van der Waals surface area contributed by atoms with Crippen molar-refractivity contribution >= 4 is 17.6 Å².